The van der Waals surface area contributed by atoms with Crippen LogP contribution in [-0.4, -0.2) is 84.8 Å². The molecule has 1 heterocycles. The van der Waals surface area contributed by atoms with Crippen LogP contribution in [0.2, 0.25) is 0 Å². The quantitative estimate of drug-likeness (QED) is 0.351. The molecule has 1 atom stereocenters. The Hall–Kier alpha value is -2.49. The molecule has 1 fully saturated rings. The van der Waals surface area contributed by atoms with Crippen LogP contribution in [0, 0.1) is 0 Å². The smallest absolute Gasteiger partial charge is 0.403 e. The monoisotopic (exact) mass is 429 g/mol. The number of halogens is 3. The molecule has 3 N–H and O–H groups in total. The van der Waals surface area contributed by atoms with Gasteiger partial charge in [0.2, 0.25) is 0 Å². The zero-order valence-electron chi connectivity index (χ0n) is 17.4. The molecule has 1 unspecified atom stereocenters. The van der Waals surface area contributed by atoms with Crippen molar-refractivity contribution in [2.24, 2.45) is 4.99 Å². The fourth-order valence-corrected chi connectivity index (χ4v) is 3.17. The molecule has 30 heavy (non-hydrogen) atoms. The van der Waals surface area contributed by atoms with Gasteiger partial charge in [-0.3, -0.25) is 14.7 Å². The number of hydrogen-bond donors (Lipinski definition) is 3. The maximum absolute atomic E-state index is 12.9. The summed E-state index contributed by atoms with van der Waals surface area (Å²) in [6.45, 7) is 6.28. The van der Waals surface area contributed by atoms with Crippen molar-refractivity contribution in [3.63, 3.8) is 0 Å². The molecule has 1 aromatic carbocycles. The maximum atomic E-state index is 12.9. The summed E-state index contributed by atoms with van der Waals surface area (Å²) in [6.07, 6.45) is -3.60. The minimum absolute atomic E-state index is 0.0345. The van der Waals surface area contributed by atoms with Crippen molar-refractivity contribution in [1.29, 1.82) is 0 Å². The van der Waals surface area contributed by atoms with E-state index < -0.39 is 12.2 Å². The van der Waals surface area contributed by atoms with E-state index in [-0.39, 0.29) is 11.7 Å². The molecule has 0 radical (unpaired) electrons. The van der Waals surface area contributed by atoms with E-state index in [1.165, 1.54) is 24.0 Å². The molecule has 0 spiro atoms. The molecule has 2 rings (SSSR count). The summed E-state index contributed by atoms with van der Waals surface area (Å²) in [5.41, 5.74) is 0.387. The van der Waals surface area contributed by atoms with Crippen LogP contribution < -0.4 is 10.6 Å². The summed E-state index contributed by atoms with van der Waals surface area (Å²) in [5, 5.41) is 15.4. The van der Waals surface area contributed by atoms with Gasteiger partial charge in [0, 0.05) is 51.4 Å². The van der Waals surface area contributed by atoms with Gasteiger partial charge in [0.25, 0.3) is 5.91 Å². The number of amides is 1. The van der Waals surface area contributed by atoms with Crippen molar-refractivity contribution < 1.29 is 23.1 Å². The number of aromatic hydroxyl groups is 1. The zero-order chi connectivity index (χ0) is 22.1. The van der Waals surface area contributed by atoms with Gasteiger partial charge >= 0.3 is 6.18 Å². The third-order valence-electron chi connectivity index (χ3n) is 4.96. The first-order valence-electron chi connectivity index (χ1n) is 10.1. The molecule has 7 nitrogen and oxygen atoms in total. The fraction of sp³-hybridized carbons (Fsp3) is 0.600. The molecular weight excluding hydrogens is 399 g/mol. The summed E-state index contributed by atoms with van der Waals surface area (Å²) in [5.74, 6) is 0.445. The normalized spacial score (nSPS) is 17.0. The van der Waals surface area contributed by atoms with Crippen molar-refractivity contribution in [3.8, 4) is 5.75 Å². The van der Waals surface area contributed by atoms with E-state index in [1.807, 2.05) is 11.8 Å². The van der Waals surface area contributed by atoms with Crippen LogP contribution in [0.4, 0.5) is 13.2 Å². The lowest BCUT2D eigenvalue weighted by atomic mass is 10.2. The first-order chi connectivity index (χ1) is 14.2. The highest BCUT2D eigenvalue weighted by atomic mass is 19.4. The van der Waals surface area contributed by atoms with Crippen LogP contribution in [0.15, 0.2) is 29.3 Å². The standard InChI is InChI=1S/C20H30F3N5O2/c1-3-24-19(28-12-10-27(11-13-28)15(2)20(21,22)23)26-9-5-8-25-18(30)16-6-4-7-17(29)14-16/h4,6-7,14-15,29H,3,5,8-13H2,1-2H3,(H,24,26)(H,25,30). The highest BCUT2D eigenvalue weighted by Gasteiger charge is 2.41. The third-order valence-corrected chi connectivity index (χ3v) is 4.96. The molecule has 0 saturated carbocycles. The number of piperazine rings is 1. The van der Waals surface area contributed by atoms with Crippen molar-refractivity contribution in [1.82, 2.24) is 20.4 Å². The lowest BCUT2D eigenvalue weighted by Gasteiger charge is -2.39. The van der Waals surface area contributed by atoms with Gasteiger partial charge in [-0.25, -0.2) is 0 Å². The van der Waals surface area contributed by atoms with Crippen molar-refractivity contribution >= 4 is 11.9 Å². The highest BCUT2D eigenvalue weighted by Crippen LogP contribution is 2.25. The van der Waals surface area contributed by atoms with Gasteiger partial charge in [0.05, 0.1) is 0 Å². The number of aliphatic imine (C=N–C) groups is 1. The van der Waals surface area contributed by atoms with Crippen LogP contribution >= 0.6 is 0 Å². The molecule has 1 aromatic rings. The summed E-state index contributed by atoms with van der Waals surface area (Å²) in [6, 6.07) is 4.67. The van der Waals surface area contributed by atoms with Gasteiger partial charge in [0.15, 0.2) is 5.96 Å². The fourth-order valence-electron chi connectivity index (χ4n) is 3.17. The summed E-state index contributed by atoms with van der Waals surface area (Å²) in [4.78, 5) is 20.0. The Morgan fingerprint density at radius 2 is 1.93 bits per heavy atom. The van der Waals surface area contributed by atoms with Gasteiger partial charge in [0.1, 0.15) is 11.8 Å². The Balaban J connectivity index is 1.79. The maximum Gasteiger partial charge on any atom is 0.403 e. The minimum Gasteiger partial charge on any atom is -0.508 e. The Labute approximate surface area is 175 Å². The topological polar surface area (TPSA) is 80.2 Å². The van der Waals surface area contributed by atoms with Crippen LogP contribution in [0.3, 0.4) is 0 Å². The van der Waals surface area contributed by atoms with E-state index in [0.29, 0.717) is 63.8 Å². The van der Waals surface area contributed by atoms with Crippen molar-refractivity contribution in [3.05, 3.63) is 29.8 Å². The van der Waals surface area contributed by atoms with Gasteiger partial charge in [-0.2, -0.15) is 13.2 Å². The van der Waals surface area contributed by atoms with Gasteiger partial charge in [-0.15, -0.1) is 0 Å². The predicted molar refractivity (Wildman–Crippen MR) is 110 cm³/mol. The lowest BCUT2D eigenvalue weighted by Crippen LogP contribution is -2.56. The Morgan fingerprint density at radius 1 is 1.23 bits per heavy atom. The van der Waals surface area contributed by atoms with E-state index in [1.54, 1.807) is 12.1 Å². The largest absolute Gasteiger partial charge is 0.508 e. The molecule has 10 heteroatoms. The van der Waals surface area contributed by atoms with Crippen LogP contribution in [0.1, 0.15) is 30.6 Å². The number of rotatable bonds is 7. The SMILES string of the molecule is CCNC(=NCCCNC(=O)c1cccc(O)c1)N1CCN(C(C)C(F)(F)F)CC1. The number of nitrogens with one attached hydrogen (secondary N) is 2. The van der Waals surface area contributed by atoms with E-state index >= 15 is 0 Å². The molecule has 0 aliphatic carbocycles. The van der Waals surface area contributed by atoms with Crippen LogP contribution in [-0.2, 0) is 0 Å². The second-order valence-corrected chi connectivity index (χ2v) is 7.14. The Kier molecular flexibility index (Phi) is 8.76. The number of hydrogen-bond acceptors (Lipinski definition) is 4. The van der Waals surface area contributed by atoms with Crippen molar-refractivity contribution in [2.45, 2.75) is 32.5 Å². The predicted octanol–water partition coefficient (Wildman–Crippen LogP) is 2.05. The Bertz CT molecular complexity index is 719. The van der Waals surface area contributed by atoms with E-state index in [4.69, 9.17) is 0 Å². The third kappa shape index (κ3) is 7.08. The number of benzene rings is 1. The molecule has 1 aliphatic rings. The molecule has 1 aliphatic heterocycles. The molecule has 1 saturated heterocycles. The van der Waals surface area contributed by atoms with E-state index in [0.717, 1.165) is 0 Å². The first-order valence-corrected chi connectivity index (χ1v) is 10.1. The first kappa shape index (κ1) is 23.8. The van der Waals surface area contributed by atoms with Crippen molar-refractivity contribution in [2.75, 3.05) is 45.8 Å². The number of alkyl halides is 3. The zero-order valence-corrected chi connectivity index (χ0v) is 17.4. The van der Waals surface area contributed by atoms with Crippen LogP contribution in [0.5, 0.6) is 5.75 Å². The number of carbonyl (C=O) groups is 1. The number of guanidine groups is 1. The second kappa shape index (κ2) is 11.1. The van der Waals surface area contributed by atoms with Gasteiger partial charge in [-0.05, 0) is 38.5 Å². The molecule has 1 amide bonds. The molecule has 168 valence electrons. The molecule has 0 bridgehead atoms. The van der Waals surface area contributed by atoms with Crippen LogP contribution in [0.25, 0.3) is 0 Å². The second-order valence-electron chi connectivity index (χ2n) is 7.14. The van der Waals surface area contributed by atoms with Gasteiger partial charge in [-0.1, -0.05) is 6.07 Å². The minimum atomic E-state index is -4.22. The number of phenolic OH excluding ortho intramolecular Hbond substituents is 1. The summed E-state index contributed by atoms with van der Waals surface area (Å²) < 4.78 is 38.7. The molecule has 0 aromatic heterocycles. The lowest BCUT2D eigenvalue weighted by molar-refractivity contribution is -0.181. The number of phenols is 1. The summed E-state index contributed by atoms with van der Waals surface area (Å²) >= 11 is 0. The van der Waals surface area contributed by atoms with E-state index in [2.05, 4.69) is 15.6 Å². The number of carbonyl (C=O) groups excluding carboxylic acids is 1. The Morgan fingerprint density at radius 3 is 2.53 bits per heavy atom. The van der Waals surface area contributed by atoms with E-state index in [9.17, 15) is 23.1 Å². The summed E-state index contributed by atoms with van der Waals surface area (Å²) in [7, 11) is 0. The average Bonchev–Trinajstić information content (AvgIpc) is 2.71. The molecular formula is C20H30F3N5O2. The highest BCUT2D eigenvalue weighted by molar-refractivity contribution is 5.94. The van der Waals surface area contributed by atoms with Gasteiger partial charge < -0.3 is 20.6 Å². The number of nitrogens with zero attached hydrogens (tertiary/aromatic N) is 3. The average molecular weight is 429 g/mol.